The predicted molar refractivity (Wildman–Crippen MR) is 79.4 cm³/mol. The van der Waals surface area contributed by atoms with E-state index in [2.05, 4.69) is 29.5 Å². The highest BCUT2D eigenvalue weighted by Gasteiger charge is 2.42. The van der Waals surface area contributed by atoms with E-state index in [0.29, 0.717) is 18.1 Å². The number of hydrogen-bond acceptors (Lipinski definition) is 5. The Kier molecular flexibility index (Phi) is 4.32. The van der Waals surface area contributed by atoms with Crippen molar-refractivity contribution < 1.29 is 8.42 Å². The zero-order valence-corrected chi connectivity index (χ0v) is 13.4. The molecule has 0 saturated carbocycles. The molecule has 19 heavy (non-hydrogen) atoms. The van der Waals surface area contributed by atoms with Gasteiger partial charge < -0.3 is 5.32 Å². The molecule has 4 nitrogen and oxygen atoms in total. The Morgan fingerprint density at radius 3 is 2.79 bits per heavy atom. The van der Waals surface area contributed by atoms with Crippen LogP contribution in [0.3, 0.4) is 0 Å². The molecule has 108 valence electrons. The fraction of sp³-hybridized carbons (Fsp3) is 0.769. The summed E-state index contributed by atoms with van der Waals surface area (Å²) in [5.41, 5.74) is 0.587. The third-order valence-electron chi connectivity index (χ3n) is 3.56. The van der Waals surface area contributed by atoms with Crippen LogP contribution in [0.4, 0.5) is 0 Å². The first-order valence-electron chi connectivity index (χ1n) is 6.80. The van der Waals surface area contributed by atoms with Crippen LogP contribution < -0.4 is 5.32 Å². The summed E-state index contributed by atoms with van der Waals surface area (Å²) < 4.78 is 24.0. The van der Waals surface area contributed by atoms with E-state index >= 15 is 0 Å². The number of rotatable bonds is 4. The Hall–Kier alpha value is -0.460. The Labute approximate surface area is 119 Å². The van der Waals surface area contributed by atoms with Crippen molar-refractivity contribution in [3.63, 3.8) is 0 Å². The zero-order valence-electron chi connectivity index (χ0n) is 11.8. The second kappa shape index (κ2) is 5.50. The Morgan fingerprint density at radius 2 is 2.26 bits per heavy atom. The minimum absolute atomic E-state index is 0.179. The monoisotopic (exact) mass is 302 g/mol. The lowest BCUT2D eigenvalue weighted by Crippen LogP contribution is -2.51. The van der Waals surface area contributed by atoms with Gasteiger partial charge in [-0.05, 0) is 25.3 Å². The first kappa shape index (κ1) is 14.9. The summed E-state index contributed by atoms with van der Waals surface area (Å²) in [6.07, 6.45) is 1.57. The van der Waals surface area contributed by atoms with Gasteiger partial charge in [0.15, 0.2) is 9.84 Å². The van der Waals surface area contributed by atoms with Crippen molar-refractivity contribution >= 4 is 21.2 Å². The van der Waals surface area contributed by atoms with E-state index in [1.807, 2.05) is 6.92 Å². The molecule has 1 saturated heterocycles. The molecule has 0 spiro atoms. The maximum Gasteiger partial charge on any atom is 0.152 e. The van der Waals surface area contributed by atoms with Gasteiger partial charge in [0.2, 0.25) is 0 Å². The molecule has 0 amide bonds. The molecule has 1 aliphatic heterocycles. The van der Waals surface area contributed by atoms with Crippen LogP contribution in [0, 0.1) is 0 Å². The van der Waals surface area contributed by atoms with E-state index in [1.54, 1.807) is 11.3 Å². The summed E-state index contributed by atoms with van der Waals surface area (Å²) in [4.78, 5) is 4.68. The number of sulfone groups is 1. The summed E-state index contributed by atoms with van der Waals surface area (Å²) in [7, 11) is -2.97. The van der Waals surface area contributed by atoms with Crippen molar-refractivity contribution in [3.8, 4) is 0 Å². The number of aromatic nitrogens is 1. The molecule has 6 heteroatoms. The lowest BCUT2D eigenvalue weighted by Gasteiger charge is -2.35. The second-order valence-electron chi connectivity index (χ2n) is 5.54. The molecular formula is C13H22N2O2S2. The first-order valence-corrected chi connectivity index (χ1v) is 9.50. The summed E-state index contributed by atoms with van der Waals surface area (Å²) in [5, 5.41) is 6.38. The molecule has 0 radical (unpaired) electrons. The van der Waals surface area contributed by atoms with E-state index in [0.717, 1.165) is 23.7 Å². The van der Waals surface area contributed by atoms with Crippen LogP contribution in [0.2, 0.25) is 0 Å². The van der Waals surface area contributed by atoms with Crippen LogP contribution in [0.25, 0.3) is 0 Å². The van der Waals surface area contributed by atoms with E-state index in [-0.39, 0.29) is 5.75 Å². The zero-order chi connectivity index (χ0) is 14.1. The molecule has 1 aromatic rings. The lowest BCUT2D eigenvalue weighted by atomic mass is 9.96. The van der Waals surface area contributed by atoms with Gasteiger partial charge in [-0.25, -0.2) is 13.4 Å². The molecule has 0 aromatic carbocycles. The third-order valence-corrected chi connectivity index (χ3v) is 6.47. The van der Waals surface area contributed by atoms with Crippen LogP contribution >= 0.6 is 11.3 Å². The van der Waals surface area contributed by atoms with E-state index in [9.17, 15) is 8.42 Å². The molecule has 0 aliphatic carbocycles. The summed E-state index contributed by atoms with van der Waals surface area (Å²) in [6, 6.07) is 0. The molecule has 2 heterocycles. The van der Waals surface area contributed by atoms with Crippen molar-refractivity contribution in [1.82, 2.24) is 10.3 Å². The lowest BCUT2D eigenvalue weighted by molar-refractivity contribution is 0.332. The molecule has 0 bridgehead atoms. The van der Waals surface area contributed by atoms with Gasteiger partial charge in [0.1, 0.15) is 5.01 Å². The molecule has 1 N–H and O–H groups in total. The molecule has 1 unspecified atom stereocenters. The molecule has 2 rings (SSSR count). The van der Waals surface area contributed by atoms with E-state index in [4.69, 9.17) is 0 Å². The average Bonchev–Trinajstić information content (AvgIpc) is 2.77. The Morgan fingerprint density at radius 1 is 1.53 bits per heavy atom. The van der Waals surface area contributed by atoms with Crippen molar-refractivity contribution in [2.75, 3.05) is 18.1 Å². The number of thiazole rings is 1. The van der Waals surface area contributed by atoms with Gasteiger partial charge >= 0.3 is 0 Å². The summed E-state index contributed by atoms with van der Waals surface area (Å²) in [5.74, 6) is 0.866. The summed E-state index contributed by atoms with van der Waals surface area (Å²) in [6.45, 7) is 6.98. The third kappa shape index (κ3) is 3.17. The van der Waals surface area contributed by atoms with Crippen molar-refractivity contribution in [3.05, 3.63) is 16.1 Å². The van der Waals surface area contributed by atoms with Gasteiger partial charge in [0.25, 0.3) is 0 Å². The van der Waals surface area contributed by atoms with Gasteiger partial charge in [0.05, 0.1) is 22.7 Å². The van der Waals surface area contributed by atoms with Crippen LogP contribution in [-0.2, 0) is 15.4 Å². The SMILES string of the molecule is CCNC1(c2nc(C(C)C)cs2)CCCS(=O)(=O)C1. The maximum absolute atomic E-state index is 12.0. The highest BCUT2D eigenvalue weighted by atomic mass is 32.2. The molecule has 1 aromatic heterocycles. The number of nitrogens with one attached hydrogen (secondary N) is 1. The second-order valence-corrected chi connectivity index (χ2v) is 8.58. The first-order chi connectivity index (χ1) is 8.88. The van der Waals surface area contributed by atoms with Crippen LogP contribution in [0.15, 0.2) is 5.38 Å². The van der Waals surface area contributed by atoms with Crippen LogP contribution in [-0.4, -0.2) is 31.5 Å². The minimum Gasteiger partial charge on any atom is -0.305 e. The smallest absolute Gasteiger partial charge is 0.152 e. The molecule has 1 fully saturated rings. The fourth-order valence-electron chi connectivity index (χ4n) is 2.61. The van der Waals surface area contributed by atoms with Crippen molar-refractivity contribution in [2.24, 2.45) is 0 Å². The van der Waals surface area contributed by atoms with Gasteiger partial charge in [-0.3, -0.25) is 0 Å². The van der Waals surface area contributed by atoms with E-state index in [1.165, 1.54) is 0 Å². The van der Waals surface area contributed by atoms with Gasteiger partial charge in [0, 0.05) is 5.38 Å². The van der Waals surface area contributed by atoms with E-state index < -0.39 is 15.4 Å². The standard InChI is InChI=1S/C13H22N2O2S2/c1-4-14-13(6-5-7-19(16,17)9-13)12-15-11(8-18-12)10(2)3/h8,10,14H,4-7,9H2,1-3H3. The quantitative estimate of drug-likeness (QED) is 0.927. The predicted octanol–water partition coefficient (Wildman–Crippen LogP) is 2.28. The normalized spacial score (nSPS) is 26.7. The van der Waals surface area contributed by atoms with Crippen LogP contribution in [0.1, 0.15) is 50.2 Å². The Balaban J connectivity index is 2.37. The topological polar surface area (TPSA) is 59.1 Å². The largest absolute Gasteiger partial charge is 0.305 e. The van der Waals surface area contributed by atoms with Gasteiger partial charge in [-0.1, -0.05) is 20.8 Å². The van der Waals surface area contributed by atoms with Gasteiger partial charge in [-0.2, -0.15) is 0 Å². The van der Waals surface area contributed by atoms with Crippen LogP contribution in [0.5, 0.6) is 0 Å². The average molecular weight is 302 g/mol. The number of hydrogen-bond donors (Lipinski definition) is 1. The minimum atomic E-state index is -2.97. The van der Waals surface area contributed by atoms with Crippen molar-refractivity contribution in [2.45, 2.75) is 45.1 Å². The molecular weight excluding hydrogens is 280 g/mol. The Bertz CT molecular complexity index is 533. The molecule has 1 aliphatic rings. The highest BCUT2D eigenvalue weighted by Crippen LogP contribution is 2.35. The summed E-state index contributed by atoms with van der Waals surface area (Å²) >= 11 is 1.59. The van der Waals surface area contributed by atoms with Crippen molar-refractivity contribution in [1.29, 1.82) is 0 Å². The maximum atomic E-state index is 12.0. The fourth-order valence-corrected chi connectivity index (χ4v) is 5.75. The molecule has 1 atom stereocenters. The highest BCUT2D eigenvalue weighted by molar-refractivity contribution is 7.91. The van der Waals surface area contributed by atoms with Gasteiger partial charge in [-0.15, -0.1) is 11.3 Å². The number of nitrogens with zero attached hydrogens (tertiary/aromatic N) is 1.